The molecule has 1 aromatic rings. The van der Waals surface area contributed by atoms with Gasteiger partial charge < -0.3 is 10.7 Å². The largest absolute Gasteiger partial charge is 0.349 e. The predicted molar refractivity (Wildman–Crippen MR) is 85.2 cm³/mol. The smallest absolute Gasteiger partial charge is 0.251 e. The number of carbonyl (C=O) groups excluding carboxylic acids is 1. The van der Waals surface area contributed by atoms with Crippen LogP contribution in [0, 0.1) is 5.92 Å². The number of hydrazine groups is 1. The summed E-state index contributed by atoms with van der Waals surface area (Å²) in [7, 11) is 0. The van der Waals surface area contributed by atoms with Crippen LogP contribution < -0.4 is 16.6 Å². The molecule has 1 aliphatic carbocycles. The quantitative estimate of drug-likeness (QED) is 0.443. The third kappa shape index (κ3) is 4.58. The molecule has 21 heavy (non-hydrogen) atoms. The molecule has 1 saturated carbocycles. The molecular weight excluding hydrogens is 288 g/mol. The first-order chi connectivity index (χ1) is 10.1. The van der Waals surface area contributed by atoms with Gasteiger partial charge >= 0.3 is 0 Å². The molecule has 0 radical (unpaired) electrons. The zero-order valence-corrected chi connectivity index (χ0v) is 13.1. The van der Waals surface area contributed by atoms with Gasteiger partial charge in [-0.05, 0) is 43.7 Å². The van der Waals surface area contributed by atoms with Crippen LogP contribution in [-0.4, -0.2) is 16.9 Å². The van der Waals surface area contributed by atoms with Crippen molar-refractivity contribution in [3.63, 3.8) is 0 Å². The maximum atomic E-state index is 12.3. The molecule has 2 rings (SSSR count). The van der Waals surface area contributed by atoms with Gasteiger partial charge in [0.1, 0.15) is 11.0 Å². The molecule has 0 unspecified atom stereocenters. The van der Waals surface area contributed by atoms with Crippen LogP contribution in [0.2, 0.25) is 5.15 Å². The number of pyridine rings is 1. The Hall–Kier alpha value is -1.33. The highest BCUT2D eigenvalue weighted by atomic mass is 35.5. The molecule has 4 N–H and O–H groups in total. The summed E-state index contributed by atoms with van der Waals surface area (Å²) in [6.45, 7) is 2.23. The van der Waals surface area contributed by atoms with Crippen molar-refractivity contribution in [2.75, 3.05) is 5.43 Å². The fraction of sp³-hybridized carbons (Fsp3) is 0.600. The van der Waals surface area contributed by atoms with Crippen molar-refractivity contribution in [1.29, 1.82) is 0 Å². The van der Waals surface area contributed by atoms with Crippen LogP contribution in [0.25, 0.3) is 0 Å². The number of nitrogens with zero attached hydrogens (tertiary/aromatic N) is 1. The Morgan fingerprint density at radius 3 is 2.71 bits per heavy atom. The third-order valence-electron chi connectivity index (χ3n) is 4.08. The topological polar surface area (TPSA) is 80.0 Å². The summed E-state index contributed by atoms with van der Waals surface area (Å²) < 4.78 is 0. The van der Waals surface area contributed by atoms with E-state index in [0.29, 0.717) is 11.4 Å². The number of carbonyl (C=O) groups is 1. The normalized spacial score (nSPS) is 21.9. The average Bonchev–Trinajstić information content (AvgIpc) is 2.48. The zero-order valence-electron chi connectivity index (χ0n) is 12.4. The number of halogens is 1. The minimum absolute atomic E-state index is 0.116. The summed E-state index contributed by atoms with van der Waals surface area (Å²) in [4.78, 5) is 16.2. The molecule has 1 heterocycles. The molecule has 0 spiro atoms. The number of nitrogens with two attached hydrogens (primary N) is 1. The number of nitrogen functional groups attached to an aromatic ring is 1. The lowest BCUT2D eigenvalue weighted by Crippen LogP contribution is -2.37. The van der Waals surface area contributed by atoms with E-state index in [1.54, 1.807) is 12.1 Å². The van der Waals surface area contributed by atoms with Crippen LogP contribution >= 0.6 is 11.6 Å². The molecule has 1 fully saturated rings. The first kappa shape index (κ1) is 16.0. The Balaban J connectivity index is 1.92. The van der Waals surface area contributed by atoms with Crippen molar-refractivity contribution < 1.29 is 4.79 Å². The van der Waals surface area contributed by atoms with Gasteiger partial charge in [0.2, 0.25) is 0 Å². The van der Waals surface area contributed by atoms with Gasteiger partial charge in [-0.15, -0.1) is 0 Å². The molecular formula is C15H23ClN4O. The second kappa shape index (κ2) is 7.61. The van der Waals surface area contributed by atoms with Gasteiger partial charge in [0, 0.05) is 11.6 Å². The lowest BCUT2D eigenvalue weighted by molar-refractivity contribution is 0.0921. The van der Waals surface area contributed by atoms with Crippen LogP contribution in [0.5, 0.6) is 0 Å². The lowest BCUT2D eigenvalue weighted by Gasteiger charge is -2.29. The summed E-state index contributed by atoms with van der Waals surface area (Å²) >= 11 is 5.88. The van der Waals surface area contributed by atoms with Crippen LogP contribution in [0.4, 0.5) is 5.82 Å². The average molecular weight is 311 g/mol. The first-order valence-corrected chi connectivity index (χ1v) is 7.95. The van der Waals surface area contributed by atoms with E-state index in [-0.39, 0.29) is 17.1 Å². The van der Waals surface area contributed by atoms with E-state index < -0.39 is 0 Å². The van der Waals surface area contributed by atoms with Crippen molar-refractivity contribution in [2.45, 2.75) is 51.5 Å². The van der Waals surface area contributed by atoms with Gasteiger partial charge in [-0.25, -0.2) is 10.8 Å². The van der Waals surface area contributed by atoms with Crippen molar-refractivity contribution in [2.24, 2.45) is 11.8 Å². The van der Waals surface area contributed by atoms with Crippen molar-refractivity contribution in [1.82, 2.24) is 10.3 Å². The van der Waals surface area contributed by atoms with Gasteiger partial charge in [0.15, 0.2) is 0 Å². The van der Waals surface area contributed by atoms with Crippen LogP contribution in [0.3, 0.4) is 0 Å². The van der Waals surface area contributed by atoms with E-state index in [9.17, 15) is 4.79 Å². The van der Waals surface area contributed by atoms with Gasteiger partial charge in [-0.1, -0.05) is 31.4 Å². The number of aromatic nitrogens is 1. The summed E-state index contributed by atoms with van der Waals surface area (Å²) in [6.07, 6.45) is 7.05. The van der Waals surface area contributed by atoms with Crippen molar-refractivity contribution >= 4 is 23.3 Å². The van der Waals surface area contributed by atoms with Crippen LogP contribution in [-0.2, 0) is 0 Å². The van der Waals surface area contributed by atoms with Gasteiger partial charge in [-0.3, -0.25) is 4.79 Å². The standard InChI is InChI=1S/C15H23ClN4O/c1-2-3-10-4-6-12(7-5-10)18-15(21)11-8-13(16)19-14(9-11)20-17/h8-10,12H,2-7,17H2,1H3,(H,18,21)(H,19,20). The molecule has 0 saturated heterocycles. The molecule has 6 heteroatoms. The minimum atomic E-state index is -0.116. The molecule has 0 aromatic carbocycles. The fourth-order valence-electron chi connectivity index (χ4n) is 2.97. The van der Waals surface area contributed by atoms with E-state index in [1.807, 2.05) is 0 Å². The SMILES string of the molecule is CCCC1CCC(NC(=O)c2cc(Cl)nc(NN)c2)CC1. The van der Waals surface area contributed by atoms with E-state index in [4.69, 9.17) is 17.4 Å². The van der Waals surface area contributed by atoms with E-state index in [0.717, 1.165) is 18.8 Å². The highest BCUT2D eigenvalue weighted by Crippen LogP contribution is 2.28. The van der Waals surface area contributed by atoms with E-state index >= 15 is 0 Å². The molecule has 1 amide bonds. The molecule has 1 aliphatic rings. The van der Waals surface area contributed by atoms with Crippen LogP contribution in [0.1, 0.15) is 55.8 Å². The number of nitrogens with one attached hydrogen (secondary N) is 2. The maximum Gasteiger partial charge on any atom is 0.251 e. The Bertz CT molecular complexity index is 487. The highest BCUT2D eigenvalue weighted by molar-refractivity contribution is 6.29. The summed E-state index contributed by atoms with van der Waals surface area (Å²) in [5.74, 6) is 6.41. The predicted octanol–water partition coefficient (Wildman–Crippen LogP) is 3.11. The Morgan fingerprint density at radius 2 is 2.10 bits per heavy atom. The number of hydrogen-bond donors (Lipinski definition) is 3. The first-order valence-electron chi connectivity index (χ1n) is 7.57. The van der Waals surface area contributed by atoms with Crippen molar-refractivity contribution in [3.05, 3.63) is 22.8 Å². The van der Waals surface area contributed by atoms with E-state index in [1.165, 1.54) is 25.7 Å². The number of anilines is 1. The number of rotatable bonds is 5. The van der Waals surface area contributed by atoms with Crippen LogP contribution in [0.15, 0.2) is 12.1 Å². The number of hydrogen-bond acceptors (Lipinski definition) is 4. The summed E-state index contributed by atoms with van der Waals surface area (Å²) in [5, 5.41) is 3.33. The summed E-state index contributed by atoms with van der Waals surface area (Å²) in [5.41, 5.74) is 2.90. The molecule has 1 aromatic heterocycles. The maximum absolute atomic E-state index is 12.3. The Morgan fingerprint density at radius 1 is 1.38 bits per heavy atom. The molecule has 0 atom stereocenters. The highest BCUT2D eigenvalue weighted by Gasteiger charge is 2.22. The molecule has 116 valence electrons. The van der Waals surface area contributed by atoms with Gasteiger partial charge in [0.25, 0.3) is 5.91 Å². The third-order valence-corrected chi connectivity index (χ3v) is 4.28. The monoisotopic (exact) mass is 310 g/mol. The second-order valence-electron chi connectivity index (χ2n) is 5.69. The minimum Gasteiger partial charge on any atom is -0.349 e. The van der Waals surface area contributed by atoms with E-state index in [2.05, 4.69) is 22.7 Å². The number of amides is 1. The Kier molecular flexibility index (Phi) is 5.82. The van der Waals surface area contributed by atoms with Gasteiger partial charge in [0.05, 0.1) is 0 Å². The zero-order chi connectivity index (χ0) is 15.2. The fourth-order valence-corrected chi connectivity index (χ4v) is 3.18. The molecule has 0 aliphatic heterocycles. The van der Waals surface area contributed by atoms with Crippen molar-refractivity contribution in [3.8, 4) is 0 Å². The lowest BCUT2D eigenvalue weighted by atomic mass is 9.83. The molecule has 0 bridgehead atoms. The van der Waals surface area contributed by atoms with Gasteiger partial charge in [-0.2, -0.15) is 0 Å². The summed E-state index contributed by atoms with van der Waals surface area (Å²) in [6, 6.07) is 3.41. The second-order valence-corrected chi connectivity index (χ2v) is 6.08. The Labute approximate surface area is 130 Å². The molecule has 5 nitrogen and oxygen atoms in total.